The van der Waals surface area contributed by atoms with Crippen molar-refractivity contribution in [2.24, 2.45) is 0 Å². The lowest BCUT2D eigenvalue weighted by molar-refractivity contribution is 0.463. The molecule has 0 atom stereocenters. The zero-order valence-corrected chi connectivity index (χ0v) is 11.1. The summed E-state index contributed by atoms with van der Waals surface area (Å²) < 4.78 is 5.93. The molecule has 0 aliphatic heterocycles. The van der Waals surface area contributed by atoms with Gasteiger partial charge in [-0.2, -0.15) is 0 Å². The van der Waals surface area contributed by atoms with Crippen LogP contribution in [0.1, 0.15) is 24.1 Å². The number of aromatic nitrogens is 3. The van der Waals surface area contributed by atoms with E-state index in [1.54, 1.807) is 6.33 Å². The fraction of sp³-hybridized carbons (Fsp3) is 0.250. The fourth-order valence-electron chi connectivity index (χ4n) is 2.81. The van der Waals surface area contributed by atoms with Gasteiger partial charge in [-0.05, 0) is 37.8 Å². The zero-order chi connectivity index (χ0) is 13.4. The molecule has 1 aromatic carbocycles. The minimum atomic E-state index is 0.629. The third-order valence-electron chi connectivity index (χ3n) is 3.77. The van der Waals surface area contributed by atoms with Gasteiger partial charge in [-0.1, -0.05) is 18.2 Å². The lowest BCUT2D eigenvalue weighted by Gasteiger charge is -2.16. The number of nitrogens with zero attached hydrogens (tertiary/aromatic N) is 2. The molecule has 0 bridgehead atoms. The van der Waals surface area contributed by atoms with Crippen LogP contribution in [0.3, 0.4) is 0 Å². The maximum absolute atomic E-state index is 5.93. The quantitative estimate of drug-likeness (QED) is 0.769. The summed E-state index contributed by atoms with van der Waals surface area (Å²) in [5, 5.41) is 0. The smallest absolute Gasteiger partial charge is 0.245 e. The number of aromatic amines is 1. The van der Waals surface area contributed by atoms with Gasteiger partial charge in [0, 0.05) is 11.3 Å². The summed E-state index contributed by atoms with van der Waals surface area (Å²) in [5.74, 6) is 1.43. The Morgan fingerprint density at radius 3 is 2.80 bits per heavy atom. The van der Waals surface area contributed by atoms with E-state index in [0.717, 1.165) is 35.3 Å². The van der Waals surface area contributed by atoms with Crippen molar-refractivity contribution in [1.82, 2.24) is 15.0 Å². The van der Waals surface area contributed by atoms with Gasteiger partial charge < -0.3 is 9.72 Å². The number of aryl methyl sites for hydroxylation is 2. The average Bonchev–Trinajstić information content (AvgIpc) is 2.98. The second kappa shape index (κ2) is 4.63. The molecule has 4 heteroatoms. The number of para-hydroxylation sites is 1. The molecule has 2 heterocycles. The first-order valence-corrected chi connectivity index (χ1v) is 6.99. The molecule has 0 amide bonds. The number of pyridine rings is 1. The summed E-state index contributed by atoms with van der Waals surface area (Å²) in [4.78, 5) is 12.3. The summed E-state index contributed by atoms with van der Waals surface area (Å²) in [6.45, 7) is 0. The molecule has 20 heavy (non-hydrogen) atoms. The van der Waals surface area contributed by atoms with Gasteiger partial charge in [-0.15, -0.1) is 0 Å². The van der Waals surface area contributed by atoms with Gasteiger partial charge in [0.15, 0.2) is 0 Å². The van der Waals surface area contributed by atoms with Gasteiger partial charge in [0.25, 0.3) is 0 Å². The van der Waals surface area contributed by atoms with E-state index in [-0.39, 0.29) is 0 Å². The first-order valence-electron chi connectivity index (χ1n) is 6.99. The van der Waals surface area contributed by atoms with Crippen LogP contribution in [0.5, 0.6) is 11.6 Å². The predicted molar refractivity (Wildman–Crippen MR) is 77.0 cm³/mol. The standard InChI is InChI=1S/C16H15N3O/c1-2-6-11(7-3-1)20-16-15-14(17-10-18-15)12-8-4-5-9-13(12)19-16/h1-3,6-7,10H,4-5,8-9H2,(H,17,18). The Bertz CT molecular complexity index is 749. The third-order valence-corrected chi connectivity index (χ3v) is 3.77. The number of nitrogens with one attached hydrogen (secondary N) is 1. The highest BCUT2D eigenvalue weighted by Crippen LogP contribution is 2.32. The highest BCUT2D eigenvalue weighted by atomic mass is 16.5. The van der Waals surface area contributed by atoms with E-state index < -0.39 is 0 Å². The maximum Gasteiger partial charge on any atom is 0.245 e. The van der Waals surface area contributed by atoms with Gasteiger partial charge in [-0.3, -0.25) is 0 Å². The number of H-pyrrole nitrogens is 1. The number of ether oxygens (including phenoxy) is 1. The number of fused-ring (bicyclic) bond motifs is 3. The van der Waals surface area contributed by atoms with Crippen molar-refractivity contribution < 1.29 is 4.74 Å². The van der Waals surface area contributed by atoms with Crippen LogP contribution < -0.4 is 4.74 Å². The highest BCUT2D eigenvalue weighted by molar-refractivity contribution is 5.84. The Labute approximate surface area is 116 Å². The van der Waals surface area contributed by atoms with E-state index in [1.807, 2.05) is 30.3 Å². The van der Waals surface area contributed by atoms with Crippen molar-refractivity contribution in [3.63, 3.8) is 0 Å². The molecule has 0 unspecified atom stereocenters. The lowest BCUT2D eigenvalue weighted by atomic mass is 9.95. The molecule has 0 fully saturated rings. The van der Waals surface area contributed by atoms with Crippen LogP contribution in [-0.4, -0.2) is 15.0 Å². The van der Waals surface area contributed by atoms with Crippen molar-refractivity contribution in [2.45, 2.75) is 25.7 Å². The number of imidazole rings is 1. The molecular formula is C16H15N3O. The highest BCUT2D eigenvalue weighted by Gasteiger charge is 2.19. The van der Waals surface area contributed by atoms with E-state index in [2.05, 4.69) is 9.97 Å². The second-order valence-electron chi connectivity index (χ2n) is 5.09. The van der Waals surface area contributed by atoms with Crippen LogP contribution in [-0.2, 0) is 12.8 Å². The summed E-state index contributed by atoms with van der Waals surface area (Å²) in [5.41, 5.74) is 4.34. The molecule has 0 spiro atoms. The second-order valence-corrected chi connectivity index (χ2v) is 5.09. The SMILES string of the molecule is c1ccc(Oc2nc3c(c4nc[nH]c24)CCCC3)cc1. The van der Waals surface area contributed by atoms with Gasteiger partial charge in [0.1, 0.15) is 11.3 Å². The average molecular weight is 265 g/mol. The molecule has 4 rings (SSSR count). The minimum absolute atomic E-state index is 0.629. The van der Waals surface area contributed by atoms with Crippen LogP contribution in [0.25, 0.3) is 11.0 Å². The lowest BCUT2D eigenvalue weighted by Crippen LogP contribution is -2.07. The van der Waals surface area contributed by atoms with Crippen LogP contribution in [0.2, 0.25) is 0 Å². The van der Waals surface area contributed by atoms with Gasteiger partial charge in [0.2, 0.25) is 5.88 Å². The van der Waals surface area contributed by atoms with Gasteiger partial charge in [0.05, 0.1) is 11.8 Å². The minimum Gasteiger partial charge on any atom is -0.437 e. The maximum atomic E-state index is 5.93. The molecule has 0 saturated heterocycles. The molecule has 2 aromatic heterocycles. The molecule has 1 aliphatic rings. The molecule has 3 aromatic rings. The summed E-state index contributed by atoms with van der Waals surface area (Å²) >= 11 is 0. The van der Waals surface area contributed by atoms with Crippen molar-refractivity contribution in [3.8, 4) is 11.6 Å². The zero-order valence-electron chi connectivity index (χ0n) is 11.1. The van der Waals surface area contributed by atoms with Crippen molar-refractivity contribution in [1.29, 1.82) is 0 Å². The fourth-order valence-corrected chi connectivity index (χ4v) is 2.81. The van der Waals surface area contributed by atoms with E-state index in [0.29, 0.717) is 5.88 Å². The number of rotatable bonds is 2. The van der Waals surface area contributed by atoms with Gasteiger partial charge in [-0.25, -0.2) is 9.97 Å². The Balaban J connectivity index is 1.85. The Morgan fingerprint density at radius 1 is 1.05 bits per heavy atom. The largest absolute Gasteiger partial charge is 0.437 e. The van der Waals surface area contributed by atoms with E-state index >= 15 is 0 Å². The number of hydrogen-bond acceptors (Lipinski definition) is 3. The van der Waals surface area contributed by atoms with Crippen molar-refractivity contribution >= 4 is 11.0 Å². The van der Waals surface area contributed by atoms with Gasteiger partial charge >= 0.3 is 0 Å². The first-order chi connectivity index (χ1) is 9.92. The molecule has 100 valence electrons. The predicted octanol–water partition coefficient (Wildman–Crippen LogP) is 3.63. The van der Waals surface area contributed by atoms with Crippen LogP contribution >= 0.6 is 0 Å². The first kappa shape index (κ1) is 11.5. The normalized spacial score (nSPS) is 14.2. The topological polar surface area (TPSA) is 50.8 Å². The molecule has 0 radical (unpaired) electrons. The third kappa shape index (κ3) is 1.84. The summed E-state index contributed by atoms with van der Waals surface area (Å²) in [6, 6.07) is 9.75. The summed E-state index contributed by atoms with van der Waals surface area (Å²) in [6.07, 6.45) is 6.22. The van der Waals surface area contributed by atoms with Crippen LogP contribution in [0.15, 0.2) is 36.7 Å². The van der Waals surface area contributed by atoms with Crippen molar-refractivity contribution in [2.75, 3.05) is 0 Å². The molecule has 1 aliphatic carbocycles. The summed E-state index contributed by atoms with van der Waals surface area (Å²) in [7, 11) is 0. The molecule has 0 saturated carbocycles. The van der Waals surface area contributed by atoms with Crippen LogP contribution in [0.4, 0.5) is 0 Å². The van der Waals surface area contributed by atoms with E-state index in [9.17, 15) is 0 Å². The van der Waals surface area contributed by atoms with E-state index in [4.69, 9.17) is 9.72 Å². The monoisotopic (exact) mass is 265 g/mol. The molecular weight excluding hydrogens is 250 g/mol. The molecule has 4 nitrogen and oxygen atoms in total. The van der Waals surface area contributed by atoms with E-state index in [1.165, 1.54) is 18.4 Å². The van der Waals surface area contributed by atoms with Crippen molar-refractivity contribution in [3.05, 3.63) is 47.9 Å². The number of hydrogen-bond donors (Lipinski definition) is 1. The molecule has 1 N–H and O–H groups in total. The Kier molecular flexibility index (Phi) is 2.66. The Hall–Kier alpha value is -2.36. The number of benzene rings is 1. The van der Waals surface area contributed by atoms with Crippen LogP contribution in [0, 0.1) is 0 Å². The Morgan fingerprint density at radius 2 is 1.90 bits per heavy atom.